The van der Waals surface area contributed by atoms with E-state index in [1.807, 2.05) is 23.7 Å². The van der Waals surface area contributed by atoms with Crippen LogP contribution in [0, 0.1) is 6.92 Å². The first-order valence-corrected chi connectivity index (χ1v) is 6.98. The molecular weight excluding hydrogens is 238 g/mol. The number of nitrogens with zero attached hydrogens (tertiary/aromatic N) is 4. The molecule has 0 aliphatic carbocycles. The van der Waals surface area contributed by atoms with Crippen molar-refractivity contribution in [1.82, 2.24) is 14.6 Å². The van der Waals surface area contributed by atoms with E-state index in [1.54, 1.807) is 0 Å². The molecule has 5 heteroatoms. The second-order valence-corrected chi connectivity index (χ2v) is 5.59. The van der Waals surface area contributed by atoms with Crippen LogP contribution in [0.1, 0.15) is 38.8 Å². The van der Waals surface area contributed by atoms with Crippen LogP contribution in [0.25, 0.3) is 11.2 Å². The fourth-order valence-electron chi connectivity index (χ4n) is 3.09. The minimum absolute atomic E-state index is 0.464. The van der Waals surface area contributed by atoms with Crippen LogP contribution < -0.4 is 10.7 Å². The molecule has 2 N–H and O–H groups in total. The molecule has 1 fully saturated rings. The molecule has 2 unspecified atom stereocenters. The third kappa shape index (κ3) is 1.93. The Morgan fingerprint density at radius 2 is 1.84 bits per heavy atom. The van der Waals surface area contributed by atoms with E-state index in [1.165, 1.54) is 19.3 Å². The normalized spacial score (nSPS) is 24.1. The number of hydrogen-bond acceptors (Lipinski definition) is 4. The summed E-state index contributed by atoms with van der Waals surface area (Å²) in [7, 11) is 0. The Kier molecular flexibility index (Phi) is 2.84. The topological polar surface area (TPSA) is 60.0 Å². The maximum Gasteiger partial charge on any atom is 0.222 e. The molecule has 3 heterocycles. The number of rotatable bonds is 1. The van der Waals surface area contributed by atoms with Gasteiger partial charge >= 0.3 is 0 Å². The second kappa shape index (κ2) is 4.40. The fraction of sp³-hybridized carbons (Fsp3) is 0.571. The first kappa shape index (κ1) is 12.3. The van der Waals surface area contributed by atoms with Gasteiger partial charge in [-0.2, -0.15) is 0 Å². The average Bonchev–Trinajstić information content (AvgIpc) is 2.66. The molecule has 2 aromatic rings. The number of aromatic nitrogens is 3. The number of pyridine rings is 1. The minimum Gasteiger partial charge on any atom is -0.368 e. The molecule has 1 aliphatic heterocycles. The van der Waals surface area contributed by atoms with Gasteiger partial charge in [-0.1, -0.05) is 0 Å². The number of hydrogen-bond donors (Lipinski definition) is 1. The van der Waals surface area contributed by atoms with E-state index < -0.39 is 0 Å². The lowest BCUT2D eigenvalue weighted by molar-refractivity contribution is 0.342. The van der Waals surface area contributed by atoms with Crippen molar-refractivity contribution < 1.29 is 0 Å². The molecule has 2 atom stereocenters. The van der Waals surface area contributed by atoms with Gasteiger partial charge in [-0.25, -0.2) is 14.6 Å². The van der Waals surface area contributed by atoms with Crippen molar-refractivity contribution in [2.24, 2.45) is 0 Å². The number of imidazole rings is 1. The molecule has 5 nitrogen and oxygen atoms in total. The lowest BCUT2D eigenvalue weighted by Crippen LogP contribution is -2.51. The molecule has 0 spiro atoms. The highest BCUT2D eigenvalue weighted by atomic mass is 15.6. The maximum atomic E-state index is 6.13. The van der Waals surface area contributed by atoms with E-state index in [0.717, 1.165) is 16.9 Å². The van der Waals surface area contributed by atoms with Gasteiger partial charge in [0.2, 0.25) is 5.95 Å². The highest BCUT2D eigenvalue weighted by Crippen LogP contribution is 2.26. The number of aryl methyl sites for hydroxylation is 1. The van der Waals surface area contributed by atoms with Crippen LogP contribution in [0.3, 0.4) is 0 Å². The number of nitrogens with two attached hydrogens (primary N) is 1. The minimum atomic E-state index is 0.464. The van der Waals surface area contributed by atoms with Crippen LogP contribution in [0.2, 0.25) is 0 Å². The summed E-state index contributed by atoms with van der Waals surface area (Å²) in [4.78, 5) is 9.05. The van der Waals surface area contributed by atoms with Crippen LogP contribution in [0.4, 0.5) is 5.95 Å². The van der Waals surface area contributed by atoms with E-state index in [2.05, 4.69) is 28.8 Å². The van der Waals surface area contributed by atoms with E-state index in [0.29, 0.717) is 18.0 Å². The molecular formula is C14H21N5. The number of nitrogen functional groups attached to an aromatic ring is 1. The van der Waals surface area contributed by atoms with Gasteiger partial charge in [0.1, 0.15) is 5.52 Å². The van der Waals surface area contributed by atoms with E-state index in [9.17, 15) is 0 Å². The van der Waals surface area contributed by atoms with Crippen molar-refractivity contribution in [1.29, 1.82) is 0 Å². The van der Waals surface area contributed by atoms with Gasteiger partial charge in [0.15, 0.2) is 5.65 Å². The van der Waals surface area contributed by atoms with Crippen molar-refractivity contribution in [3.8, 4) is 0 Å². The highest BCUT2D eigenvalue weighted by molar-refractivity contribution is 5.74. The summed E-state index contributed by atoms with van der Waals surface area (Å²) >= 11 is 0. The summed E-state index contributed by atoms with van der Waals surface area (Å²) in [6.45, 7) is 6.49. The van der Waals surface area contributed by atoms with Crippen molar-refractivity contribution in [3.63, 3.8) is 0 Å². The molecule has 1 saturated heterocycles. The summed E-state index contributed by atoms with van der Waals surface area (Å²) in [5, 5.41) is 2.33. The molecule has 0 amide bonds. The van der Waals surface area contributed by atoms with Gasteiger partial charge in [0, 0.05) is 17.8 Å². The Morgan fingerprint density at radius 1 is 1.16 bits per heavy atom. The lowest BCUT2D eigenvalue weighted by Gasteiger charge is -2.41. The maximum absolute atomic E-state index is 6.13. The summed E-state index contributed by atoms with van der Waals surface area (Å²) < 4.78 is 2.01. The first-order valence-electron chi connectivity index (χ1n) is 6.98. The molecule has 0 saturated carbocycles. The van der Waals surface area contributed by atoms with Gasteiger partial charge in [0.05, 0.1) is 0 Å². The highest BCUT2D eigenvalue weighted by Gasteiger charge is 2.28. The summed E-state index contributed by atoms with van der Waals surface area (Å²) in [6.07, 6.45) is 3.66. The van der Waals surface area contributed by atoms with Crippen LogP contribution in [-0.4, -0.2) is 26.7 Å². The third-order valence-electron chi connectivity index (χ3n) is 4.02. The van der Waals surface area contributed by atoms with Gasteiger partial charge < -0.3 is 10.7 Å². The second-order valence-electron chi connectivity index (χ2n) is 5.59. The fourth-order valence-corrected chi connectivity index (χ4v) is 3.09. The van der Waals surface area contributed by atoms with Crippen molar-refractivity contribution in [2.75, 3.05) is 10.7 Å². The van der Waals surface area contributed by atoms with Crippen LogP contribution in [0.15, 0.2) is 12.1 Å². The summed E-state index contributed by atoms with van der Waals surface area (Å²) in [6, 6.07) is 4.89. The predicted molar refractivity (Wildman–Crippen MR) is 77.7 cm³/mol. The van der Waals surface area contributed by atoms with E-state index in [4.69, 9.17) is 5.73 Å². The molecule has 1 aliphatic rings. The molecule has 19 heavy (non-hydrogen) atoms. The number of anilines is 1. The van der Waals surface area contributed by atoms with E-state index in [-0.39, 0.29) is 0 Å². The smallest absolute Gasteiger partial charge is 0.222 e. The Hall–Kier alpha value is -1.78. The molecule has 0 radical (unpaired) electrons. The Labute approximate surface area is 113 Å². The lowest BCUT2D eigenvalue weighted by atomic mass is 10.00. The quantitative estimate of drug-likeness (QED) is 0.853. The van der Waals surface area contributed by atoms with Crippen molar-refractivity contribution in [2.45, 2.75) is 52.1 Å². The zero-order valence-electron chi connectivity index (χ0n) is 11.8. The predicted octanol–water partition coefficient (Wildman–Crippen LogP) is 2.22. The molecule has 0 bridgehead atoms. The zero-order valence-corrected chi connectivity index (χ0v) is 11.8. The average molecular weight is 259 g/mol. The standard InChI is InChI=1S/C14H21N5/c1-9-7-8-12-13(16-9)19(14(15)17-12)18-10(2)5-4-6-11(18)3/h7-8,10-11H,4-6H2,1-3H3,(H2,15,17). The Balaban J connectivity index is 2.17. The van der Waals surface area contributed by atoms with Crippen LogP contribution in [0.5, 0.6) is 0 Å². The van der Waals surface area contributed by atoms with Gasteiger partial charge in [-0.15, -0.1) is 0 Å². The Morgan fingerprint density at radius 3 is 2.53 bits per heavy atom. The van der Waals surface area contributed by atoms with Gasteiger partial charge in [-0.3, -0.25) is 0 Å². The number of fused-ring (bicyclic) bond motifs is 1. The van der Waals surface area contributed by atoms with Crippen LogP contribution >= 0.6 is 0 Å². The van der Waals surface area contributed by atoms with Gasteiger partial charge in [-0.05, 0) is 52.2 Å². The third-order valence-corrected chi connectivity index (χ3v) is 4.02. The zero-order chi connectivity index (χ0) is 13.6. The molecule has 2 aromatic heterocycles. The van der Waals surface area contributed by atoms with Crippen LogP contribution in [-0.2, 0) is 0 Å². The van der Waals surface area contributed by atoms with E-state index >= 15 is 0 Å². The number of piperidine rings is 1. The SMILES string of the molecule is Cc1ccc2nc(N)n(N3C(C)CCCC3C)c2n1. The Bertz CT molecular complexity index is 593. The van der Waals surface area contributed by atoms with Gasteiger partial charge in [0.25, 0.3) is 0 Å². The monoisotopic (exact) mass is 259 g/mol. The summed E-state index contributed by atoms with van der Waals surface area (Å²) in [5.74, 6) is 0.536. The summed E-state index contributed by atoms with van der Waals surface area (Å²) in [5.41, 5.74) is 8.86. The molecule has 102 valence electrons. The van der Waals surface area contributed by atoms with Crippen molar-refractivity contribution in [3.05, 3.63) is 17.8 Å². The van der Waals surface area contributed by atoms with Crippen molar-refractivity contribution >= 4 is 17.1 Å². The largest absolute Gasteiger partial charge is 0.368 e. The molecule has 3 rings (SSSR count). The first-order chi connectivity index (χ1) is 9.08. The molecule has 0 aromatic carbocycles.